The largest absolute Gasteiger partial charge is 0.417 e. The van der Waals surface area contributed by atoms with Crippen LogP contribution in [0.3, 0.4) is 0 Å². The minimum absolute atomic E-state index is 0.0659. The van der Waals surface area contributed by atoms with E-state index < -0.39 is 51.2 Å². The van der Waals surface area contributed by atoms with Crippen LogP contribution in [0, 0.1) is 0 Å². The second-order valence-corrected chi connectivity index (χ2v) is 13.3. The molecule has 0 aliphatic heterocycles. The zero-order valence-electron chi connectivity index (χ0n) is 23.7. The molecule has 0 radical (unpaired) electrons. The van der Waals surface area contributed by atoms with E-state index in [2.05, 4.69) is 21.2 Å². The van der Waals surface area contributed by atoms with Crippen LogP contribution >= 0.6 is 27.5 Å². The van der Waals surface area contributed by atoms with E-state index in [1.54, 1.807) is 48.5 Å². The topological polar surface area (TPSA) is 86.8 Å². The van der Waals surface area contributed by atoms with Gasteiger partial charge in [0.05, 0.1) is 22.5 Å². The summed E-state index contributed by atoms with van der Waals surface area (Å²) in [5.74, 6) is -1.22. The van der Waals surface area contributed by atoms with Crippen LogP contribution in [0.25, 0.3) is 0 Å². The number of hydrogen-bond donors (Lipinski definition) is 1. The van der Waals surface area contributed by atoms with Crippen molar-refractivity contribution in [3.63, 3.8) is 0 Å². The lowest BCUT2D eigenvalue weighted by Crippen LogP contribution is -2.54. The zero-order valence-corrected chi connectivity index (χ0v) is 26.9. The molecule has 2 amide bonds. The molecule has 13 heteroatoms. The maximum atomic E-state index is 14.1. The van der Waals surface area contributed by atoms with E-state index in [4.69, 9.17) is 11.6 Å². The summed E-state index contributed by atoms with van der Waals surface area (Å²) in [6, 6.07) is 17.4. The lowest BCUT2D eigenvalue weighted by Gasteiger charge is -2.34. The van der Waals surface area contributed by atoms with Gasteiger partial charge >= 0.3 is 6.18 Å². The van der Waals surface area contributed by atoms with Crippen molar-refractivity contribution in [2.75, 3.05) is 17.1 Å². The lowest BCUT2D eigenvalue weighted by atomic mass is 10.0. The molecule has 0 bridgehead atoms. The third-order valence-electron chi connectivity index (χ3n) is 6.76. The van der Waals surface area contributed by atoms with E-state index in [9.17, 15) is 31.2 Å². The van der Waals surface area contributed by atoms with Gasteiger partial charge in [-0.1, -0.05) is 76.9 Å². The van der Waals surface area contributed by atoms with Crippen molar-refractivity contribution in [1.29, 1.82) is 0 Å². The second-order valence-electron chi connectivity index (χ2n) is 10.1. The number of rotatable bonds is 12. The summed E-state index contributed by atoms with van der Waals surface area (Å²) in [6.07, 6.45) is -3.32. The number of nitrogens with one attached hydrogen (secondary N) is 1. The first-order chi connectivity index (χ1) is 20.1. The molecule has 232 valence electrons. The molecule has 43 heavy (non-hydrogen) atoms. The van der Waals surface area contributed by atoms with Crippen molar-refractivity contribution in [3.8, 4) is 0 Å². The number of sulfonamides is 1. The Morgan fingerprint density at radius 2 is 1.63 bits per heavy atom. The van der Waals surface area contributed by atoms with Crippen molar-refractivity contribution in [2.24, 2.45) is 0 Å². The Morgan fingerprint density at radius 3 is 2.19 bits per heavy atom. The first kappa shape index (κ1) is 34.4. The number of benzene rings is 3. The summed E-state index contributed by atoms with van der Waals surface area (Å²) in [4.78, 5) is 29.0. The van der Waals surface area contributed by atoms with Crippen molar-refractivity contribution >= 4 is 55.1 Å². The molecule has 3 aromatic rings. The first-order valence-corrected chi connectivity index (χ1v) is 16.3. The van der Waals surface area contributed by atoms with Gasteiger partial charge in [0.2, 0.25) is 21.8 Å². The molecule has 0 unspecified atom stereocenters. The highest BCUT2D eigenvalue weighted by Gasteiger charge is 2.36. The average Bonchev–Trinajstić information content (AvgIpc) is 2.94. The summed E-state index contributed by atoms with van der Waals surface area (Å²) in [7, 11) is -4.26. The van der Waals surface area contributed by atoms with Gasteiger partial charge in [-0.3, -0.25) is 13.9 Å². The fraction of sp³-hybridized carbons (Fsp3) is 0.333. The summed E-state index contributed by atoms with van der Waals surface area (Å²) in [5, 5.41) is 2.30. The van der Waals surface area contributed by atoms with Crippen molar-refractivity contribution in [1.82, 2.24) is 10.2 Å². The van der Waals surface area contributed by atoms with Gasteiger partial charge in [-0.25, -0.2) is 8.42 Å². The van der Waals surface area contributed by atoms with Gasteiger partial charge in [-0.15, -0.1) is 0 Å². The highest BCUT2D eigenvalue weighted by atomic mass is 79.9. The van der Waals surface area contributed by atoms with E-state index in [0.29, 0.717) is 22.4 Å². The number of nitrogens with zero attached hydrogens (tertiary/aromatic N) is 2. The van der Waals surface area contributed by atoms with Gasteiger partial charge in [-0.2, -0.15) is 13.2 Å². The highest BCUT2D eigenvalue weighted by Crippen LogP contribution is 2.37. The monoisotopic (exact) mass is 701 g/mol. The molecule has 0 spiro atoms. The maximum absolute atomic E-state index is 14.1. The number of carbonyl (C=O) groups is 2. The van der Waals surface area contributed by atoms with Crippen LogP contribution in [0.4, 0.5) is 18.9 Å². The number of carbonyl (C=O) groups excluding carboxylic acids is 2. The van der Waals surface area contributed by atoms with E-state index in [0.717, 1.165) is 28.4 Å². The number of anilines is 1. The Labute approximate surface area is 263 Å². The zero-order chi connectivity index (χ0) is 31.9. The number of halogens is 5. The number of alkyl halides is 3. The maximum Gasteiger partial charge on any atom is 0.417 e. The quantitative estimate of drug-likeness (QED) is 0.236. The predicted molar refractivity (Wildman–Crippen MR) is 165 cm³/mol. The van der Waals surface area contributed by atoms with Gasteiger partial charge in [0.1, 0.15) is 12.6 Å². The van der Waals surface area contributed by atoms with Gasteiger partial charge in [0, 0.05) is 23.5 Å². The van der Waals surface area contributed by atoms with Crippen LogP contribution in [-0.2, 0) is 38.8 Å². The van der Waals surface area contributed by atoms with Crippen molar-refractivity contribution in [2.45, 2.75) is 51.5 Å². The standard InChI is InChI=1S/C30H32BrClF3N3O4S/c1-4-20(2)36-29(40)27(16-21-8-6-5-7-9-21)37(18-22-10-12-23(31)13-11-22)28(39)19-38(43(3,41)42)24-14-15-26(32)25(17-24)30(33,34)35/h5-15,17,20,27H,4,16,18-19H2,1-3H3,(H,36,40)/t20-,27+/m0/s1. The Bertz CT molecular complexity index is 1520. The van der Waals surface area contributed by atoms with Crippen molar-refractivity contribution < 1.29 is 31.2 Å². The molecule has 0 fully saturated rings. The normalized spacial score (nSPS) is 13.2. The van der Waals surface area contributed by atoms with E-state index in [1.807, 2.05) is 19.9 Å². The molecule has 0 aromatic heterocycles. The molecule has 3 rings (SSSR count). The average molecular weight is 703 g/mol. The first-order valence-electron chi connectivity index (χ1n) is 13.3. The molecular formula is C30H32BrClF3N3O4S. The van der Waals surface area contributed by atoms with Crippen LogP contribution < -0.4 is 9.62 Å². The molecule has 0 saturated carbocycles. The Balaban J connectivity index is 2.10. The van der Waals surface area contributed by atoms with E-state index in [1.165, 1.54) is 4.90 Å². The molecule has 3 aromatic carbocycles. The minimum Gasteiger partial charge on any atom is -0.352 e. The Morgan fingerprint density at radius 1 is 1.00 bits per heavy atom. The summed E-state index contributed by atoms with van der Waals surface area (Å²) >= 11 is 9.12. The second kappa shape index (κ2) is 14.6. The van der Waals surface area contributed by atoms with Crippen LogP contribution in [0.1, 0.15) is 37.0 Å². The summed E-state index contributed by atoms with van der Waals surface area (Å²) in [5.41, 5.74) is -0.218. The molecule has 1 N–H and O–H groups in total. The molecule has 0 heterocycles. The SMILES string of the molecule is CC[C@H](C)NC(=O)[C@@H](Cc1ccccc1)N(Cc1ccc(Br)cc1)C(=O)CN(c1ccc(Cl)c(C(F)(F)F)c1)S(C)(=O)=O. The van der Waals surface area contributed by atoms with Gasteiger partial charge in [-0.05, 0) is 54.8 Å². The van der Waals surface area contributed by atoms with Gasteiger partial charge in [0.15, 0.2) is 0 Å². The minimum atomic E-state index is -4.86. The predicted octanol–water partition coefficient (Wildman–Crippen LogP) is 6.44. The fourth-order valence-corrected chi connectivity index (χ4v) is 5.61. The number of amides is 2. The lowest BCUT2D eigenvalue weighted by molar-refractivity contribution is -0.140. The molecule has 2 atom stereocenters. The fourth-order valence-electron chi connectivity index (χ4n) is 4.28. The molecule has 7 nitrogen and oxygen atoms in total. The molecule has 0 saturated heterocycles. The van der Waals surface area contributed by atoms with E-state index >= 15 is 0 Å². The van der Waals surface area contributed by atoms with Gasteiger partial charge < -0.3 is 10.2 Å². The van der Waals surface area contributed by atoms with Crippen LogP contribution in [0.5, 0.6) is 0 Å². The van der Waals surface area contributed by atoms with Crippen molar-refractivity contribution in [3.05, 3.63) is 99.0 Å². The highest BCUT2D eigenvalue weighted by molar-refractivity contribution is 9.10. The summed E-state index contributed by atoms with van der Waals surface area (Å²) in [6.45, 7) is 2.80. The van der Waals surface area contributed by atoms with Crippen LogP contribution in [-0.4, -0.2) is 50.0 Å². The van der Waals surface area contributed by atoms with Crippen LogP contribution in [0.2, 0.25) is 5.02 Å². The van der Waals surface area contributed by atoms with Gasteiger partial charge in [0.25, 0.3) is 0 Å². The van der Waals surface area contributed by atoms with Crippen LogP contribution in [0.15, 0.2) is 77.3 Å². The Hall–Kier alpha value is -3.09. The Kier molecular flexibility index (Phi) is 11.7. The number of hydrogen-bond acceptors (Lipinski definition) is 4. The molecule has 0 aliphatic carbocycles. The third-order valence-corrected chi connectivity index (χ3v) is 8.76. The molecular weight excluding hydrogens is 671 g/mol. The smallest absolute Gasteiger partial charge is 0.352 e. The molecule has 0 aliphatic rings. The summed E-state index contributed by atoms with van der Waals surface area (Å²) < 4.78 is 67.9. The third kappa shape index (κ3) is 9.70. The van der Waals surface area contributed by atoms with E-state index in [-0.39, 0.29) is 24.7 Å².